The average Bonchev–Trinajstić information content (AvgIpc) is 1.86. The summed E-state index contributed by atoms with van der Waals surface area (Å²) in [7, 11) is 0. The number of rotatable bonds is 5. The second-order valence-corrected chi connectivity index (χ2v) is 3.73. The van der Waals surface area contributed by atoms with Gasteiger partial charge in [0, 0.05) is 0 Å². The molecule has 0 aliphatic rings. The maximum atomic E-state index is 3.76. The number of hydrogen-bond acceptors (Lipinski definition) is 0. The molecule has 0 heteroatoms. The lowest BCUT2D eigenvalue weighted by atomic mass is 9.96. The first-order valence-electron chi connectivity index (χ1n) is 4.61. The second-order valence-electron chi connectivity index (χ2n) is 3.73. The zero-order valence-corrected chi connectivity index (χ0v) is 8.14. The summed E-state index contributed by atoms with van der Waals surface area (Å²) in [5.74, 6) is 1.66. The minimum Gasteiger partial charge on any atom is -0.0885 e. The zero-order chi connectivity index (χ0) is 8.69. The molecule has 0 aliphatic heterocycles. The van der Waals surface area contributed by atoms with Gasteiger partial charge in [0.25, 0.3) is 0 Å². The predicted molar refractivity (Wildman–Crippen MR) is 52.4 cm³/mol. The van der Waals surface area contributed by atoms with Gasteiger partial charge < -0.3 is 0 Å². The van der Waals surface area contributed by atoms with E-state index in [1.54, 1.807) is 0 Å². The molecule has 0 spiro atoms. The van der Waals surface area contributed by atoms with Gasteiger partial charge in [-0.2, -0.15) is 0 Å². The van der Waals surface area contributed by atoms with E-state index in [9.17, 15) is 0 Å². The maximum absolute atomic E-state index is 3.76. The van der Waals surface area contributed by atoms with E-state index in [1.165, 1.54) is 12.8 Å². The molecule has 1 unspecified atom stereocenters. The summed E-state index contributed by atoms with van der Waals surface area (Å²) in [6, 6.07) is 0. The van der Waals surface area contributed by atoms with Gasteiger partial charge in [-0.05, 0) is 38.0 Å². The molecule has 11 heavy (non-hydrogen) atoms. The highest BCUT2D eigenvalue weighted by Crippen LogP contribution is 2.14. The van der Waals surface area contributed by atoms with E-state index in [-0.39, 0.29) is 0 Å². The van der Waals surface area contributed by atoms with Crippen molar-refractivity contribution in [1.29, 1.82) is 0 Å². The topological polar surface area (TPSA) is 0 Å². The molecule has 65 valence electrons. The summed E-state index contributed by atoms with van der Waals surface area (Å²) in [5, 5.41) is 0. The highest BCUT2D eigenvalue weighted by atomic mass is 14.1. The van der Waals surface area contributed by atoms with Crippen molar-refractivity contribution >= 4 is 0 Å². The quantitative estimate of drug-likeness (QED) is 0.526. The third-order valence-electron chi connectivity index (χ3n) is 1.75. The molecule has 0 nitrogen and oxygen atoms in total. The van der Waals surface area contributed by atoms with Crippen LogP contribution in [0.4, 0.5) is 0 Å². The normalized spacial score (nSPS) is 14.6. The van der Waals surface area contributed by atoms with Crippen molar-refractivity contribution in [3.05, 3.63) is 19.1 Å². The Labute approximate surface area is 71.7 Å². The van der Waals surface area contributed by atoms with E-state index in [0.29, 0.717) is 0 Å². The molecule has 0 aromatic carbocycles. The lowest BCUT2D eigenvalue weighted by Crippen LogP contribution is -1.98. The van der Waals surface area contributed by atoms with E-state index in [1.807, 2.05) is 0 Å². The van der Waals surface area contributed by atoms with Crippen LogP contribution < -0.4 is 0 Å². The van der Waals surface area contributed by atoms with Crippen molar-refractivity contribution in [2.24, 2.45) is 11.8 Å². The Hall–Kier alpha value is -0.260. The molecule has 0 bridgehead atoms. The van der Waals surface area contributed by atoms with Gasteiger partial charge in [-0.15, -0.1) is 0 Å². The molecular weight excluding hydrogens is 132 g/mol. The van der Waals surface area contributed by atoms with Crippen molar-refractivity contribution in [2.75, 3.05) is 0 Å². The Morgan fingerprint density at radius 1 is 1.18 bits per heavy atom. The monoisotopic (exact) mass is 153 g/mol. The first-order valence-corrected chi connectivity index (χ1v) is 4.61. The fourth-order valence-corrected chi connectivity index (χ4v) is 1.35. The van der Waals surface area contributed by atoms with Crippen molar-refractivity contribution < 1.29 is 0 Å². The van der Waals surface area contributed by atoms with E-state index in [2.05, 4.69) is 39.8 Å². The minimum absolute atomic E-state index is 0.831. The number of allylic oxidation sites excluding steroid dienone is 2. The standard InChI is InChI=1S/C11H21/c1-5-6-7-8-11(4)9-10(2)3/h6-7,10-11H,1,5,8-9H2,2-4H3. The van der Waals surface area contributed by atoms with Crippen LogP contribution in [0.2, 0.25) is 0 Å². The van der Waals surface area contributed by atoms with E-state index in [4.69, 9.17) is 0 Å². The van der Waals surface area contributed by atoms with Crippen LogP contribution >= 0.6 is 0 Å². The molecule has 0 rings (SSSR count). The van der Waals surface area contributed by atoms with Crippen LogP contribution in [0.15, 0.2) is 12.2 Å². The van der Waals surface area contributed by atoms with Crippen LogP contribution in [0.25, 0.3) is 0 Å². The number of hydrogen-bond donors (Lipinski definition) is 0. The van der Waals surface area contributed by atoms with Crippen LogP contribution in [0.3, 0.4) is 0 Å². The van der Waals surface area contributed by atoms with Crippen LogP contribution in [0, 0.1) is 18.8 Å². The molecule has 0 N–H and O–H groups in total. The lowest BCUT2D eigenvalue weighted by Gasteiger charge is -2.10. The Kier molecular flexibility index (Phi) is 6.30. The molecule has 0 fully saturated rings. The minimum atomic E-state index is 0.831. The van der Waals surface area contributed by atoms with Crippen LogP contribution in [0.5, 0.6) is 0 Å². The van der Waals surface area contributed by atoms with Crippen LogP contribution in [0.1, 0.15) is 40.0 Å². The molecule has 0 aromatic heterocycles. The third kappa shape index (κ3) is 7.64. The van der Waals surface area contributed by atoms with Gasteiger partial charge in [-0.25, -0.2) is 0 Å². The summed E-state index contributed by atoms with van der Waals surface area (Å²) in [6.45, 7) is 10.6. The molecule has 0 amide bonds. The van der Waals surface area contributed by atoms with E-state index < -0.39 is 0 Å². The lowest BCUT2D eigenvalue weighted by molar-refractivity contribution is 0.442. The van der Waals surface area contributed by atoms with Gasteiger partial charge in [0.15, 0.2) is 0 Å². The van der Waals surface area contributed by atoms with Crippen molar-refractivity contribution in [3.8, 4) is 0 Å². The van der Waals surface area contributed by atoms with Crippen LogP contribution in [-0.4, -0.2) is 0 Å². The fraction of sp³-hybridized carbons (Fsp3) is 0.727. The Balaban J connectivity index is 3.36. The molecule has 0 heterocycles. The maximum Gasteiger partial charge on any atom is -0.0325 e. The molecule has 0 aliphatic carbocycles. The SMILES string of the molecule is [CH2]CC=CCC(C)CC(C)C. The van der Waals surface area contributed by atoms with Gasteiger partial charge >= 0.3 is 0 Å². The summed E-state index contributed by atoms with van der Waals surface area (Å²) < 4.78 is 0. The molecule has 1 atom stereocenters. The largest absolute Gasteiger partial charge is 0.0885 e. The van der Waals surface area contributed by atoms with Crippen molar-refractivity contribution in [2.45, 2.75) is 40.0 Å². The van der Waals surface area contributed by atoms with E-state index in [0.717, 1.165) is 18.3 Å². The molecular formula is C11H21. The summed E-state index contributed by atoms with van der Waals surface area (Å²) >= 11 is 0. The van der Waals surface area contributed by atoms with Gasteiger partial charge in [0.1, 0.15) is 0 Å². The van der Waals surface area contributed by atoms with Gasteiger partial charge in [0.05, 0.1) is 0 Å². The summed E-state index contributed by atoms with van der Waals surface area (Å²) in [4.78, 5) is 0. The van der Waals surface area contributed by atoms with E-state index >= 15 is 0 Å². The van der Waals surface area contributed by atoms with Gasteiger partial charge in [0.2, 0.25) is 0 Å². The highest BCUT2D eigenvalue weighted by Gasteiger charge is 2.01. The zero-order valence-electron chi connectivity index (χ0n) is 8.14. The molecule has 1 radical (unpaired) electrons. The average molecular weight is 153 g/mol. The van der Waals surface area contributed by atoms with Crippen LogP contribution in [-0.2, 0) is 0 Å². The van der Waals surface area contributed by atoms with Gasteiger partial charge in [-0.1, -0.05) is 32.9 Å². The predicted octanol–water partition coefficient (Wildman–Crippen LogP) is 3.84. The Morgan fingerprint density at radius 2 is 1.82 bits per heavy atom. The molecule has 0 aromatic rings. The third-order valence-corrected chi connectivity index (χ3v) is 1.75. The fourth-order valence-electron chi connectivity index (χ4n) is 1.35. The molecule has 0 saturated heterocycles. The Morgan fingerprint density at radius 3 is 2.27 bits per heavy atom. The smallest absolute Gasteiger partial charge is 0.0325 e. The van der Waals surface area contributed by atoms with Crippen molar-refractivity contribution in [3.63, 3.8) is 0 Å². The van der Waals surface area contributed by atoms with Crippen molar-refractivity contribution in [1.82, 2.24) is 0 Å². The summed E-state index contributed by atoms with van der Waals surface area (Å²) in [5.41, 5.74) is 0. The first-order chi connectivity index (χ1) is 5.16. The summed E-state index contributed by atoms with van der Waals surface area (Å²) in [6.07, 6.45) is 7.88. The molecule has 0 saturated carbocycles. The first kappa shape index (κ1) is 10.7. The van der Waals surface area contributed by atoms with Gasteiger partial charge in [-0.3, -0.25) is 0 Å². The second kappa shape index (κ2) is 6.45. The highest BCUT2D eigenvalue weighted by molar-refractivity contribution is 4.83. The Bertz CT molecular complexity index is 101.